The third-order valence-electron chi connectivity index (χ3n) is 5.03. The van der Waals surface area contributed by atoms with Crippen molar-refractivity contribution in [2.75, 3.05) is 5.32 Å². The quantitative estimate of drug-likeness (QED) is 0.238. The molecule has 0 aliphatic carbocycles. The van der Waals surface area contributed by atoms with Gasteiger partial charge in [-0.25, -0.2) is 9.37 Å². The molecule has 5 aromatic rings. The molecule has 5 rings (SSSR count). The van der Waals surface area contributed by atoms with Gasteiger partial charge in [0.2, 0.25) is 5.91 Å². The Hall–Kier alpha value is -3.76. The number of amides is 1. The predicted molar refractivity (Wildman–Crippen MR) is 131 cm³/mol. The van der Waals surface area contributed by atoms with Crippen LogP contribution in [-0.4, -0.2) is 21.0 Å². The summed E-state index contributed by atoms with van der Waals surface area (Å²) in [6.07, 6.45) is 0. The molecule has 0 fully saturated rings. The molecule has 2 N–H and O–H groups in total. The number of H-pyrrole nitrogens is 1. The van der Waals surface area contributed by atoms with Crippen LogP contribution in [0.15, 0.2) is 80.5 Å². The number of halogens is 1. The van der Waals surface area contributed by atoms with Gasteiger partial charge in [-0.15, -0.1) is 11.3 Å². The first-order valence-corrected chi connectivity index (χ1v) is 12.0. The molecule has 0 saturated heterocycles. The number of aromatic amines is 1. The Balaban J connectivity index is 1.49. The lowest BCUT2D eigenvalue weighted by Gasteiger charge is -2.15. The van der Waals surface area contributed by atoms with E-state index in [9.17, 15) is 14.0 Å². The van der Waals surface area contributed by atoms with Crippen molar-refractivity contribution in [3.05, 3.63) is 93.5 Å². The summed E-state index contributed by atoms with van der Waals surface area (Å²) >= 11 is 2.45. The fourth-order valence-electron chi connectivity index (χ4n) is 3.46. The zero-order valence-electron chi connectivity index (χ0n) is 17.7. The van der Waals surface area contributed by atoms with Gasteiger partial charge in [-0.3, -0.25) is 9.59 Å². The lowest BCUT2D eigenvalue weighted by atomic mass is 10.1. The zero-order valence-corrected chi connectivity index (χ0v) is 19.4. The smallest absolute Gasteiger partial charge is 0.260 e. The second-order valence-corrected chi connectivity index (χ2v) is 9.38. The van der Waals surface area contributed by atoms with E-state index in [1.807, 2.05) is 35.7 Å². The van der Waals surface area contributed by atoms with Crippen molar-refractivity contribution in [3.8, 4) is 11.1 Å². The number of nitrogens with zero attached hydrogens (tertiary/aromatic N) is 2. The first-order chi connectivity index (χ1) is 16.5. The number of thiophene rings is 1. The average molecular weight is 493 g/mol. The fraction of sp³-hybridized carbons (Fsp3) is 0.0833. The number of carbonyl (C=O) groups excluding carboxylic acids is 1. The van der Waals surface area contributed by atoms with Gasteiger partial charge in [0.05, 0.1) is 5.39 Å². The first kappa shape index (κ1) is 22.1. The van der Waals surface area contributed by atoms with Crippen LogP contribution in [0.2, 0.25) is 0 Å². The third-order valence-corrected chi connectivity index (χ3v) is 7.04. The molecule has 1 amide bonds. The lowest BCUT2D eigenvalue weighted by Crippen LogP contribution is -2.20. The van der Waals surface area contributed by atoms with Crippen molar-refractivity contribution in [1.29, 1.82) is 0 Å². The summed E-state index contributed by atoms with van der Waals surface area (Å²) in [6.45, 7) is 1.73. The molecule has 0 aliphatic rings. The van der Waals surface area contributed by atoms with Crippen LogP contribution in [0.5, 0.6) is 0 Å². The molecular formula is C24H17FN4O3S2. The van der Waals surface area contributed by atoms with Gasteiger partial charge in [-0.05, 0) is 30.2 Å². The molecule has 0 spiro atoms. The van der Waals surface area contributed by atoms with Crippen molar-refractivity contribution >= 4 is 45.0 Å². The maximum absolute atomic E-state index is 13.3. The molecule has 170 valence electrons. The Morgan fingerprint density at radius 3 is 2.65 bits per heavy atom. The highest BCUT2D eigenvalue weighted by Crippen LogP contribution is 2.36. The van der Waals surface area contributed by atoms with E-state index in [0.717, 1.165) is 22.9 Å². The molecule has 3 aromatic heterocycles. The minimum Gasteiger partial charge on any atom is -0.360 e. The van der Waals surface area contributed by atoms with E-state index in [1.54, 1.807) is 25.1 Å². The van der Waals surface area contributed by atoms with Gasteiger partial charge >= 0.3 is 0 Å². The molecule has 2 aromatic carbocycles. The van der Waals surface area contributed by atoms with Crippen molar-refractivity contribution in [1.82, 2.24) is 15.1 Å². The van der Waals surface area contributed by atoms with Gasteiger partial charge in [-0.1, -0.05) is 59.4 Å². The summed E-state index contributed by atoms with van der Waals surface area (Å²) in [5.74, 6) is 0.207. The zero-order chi connectivity index (χ0) is 23.7. The molecule has 7 nitrogen and oxygen atoms in total. The van der Waals surface area contributed by atoms with E-state index in [1.165, 1.54) is 23.5 Å². The van der Waals surface area contributed by atoms with Crippen molar-refractivity contribution in [2.45, 2.75) is 17.3 Å². The summed E-state index contributed by atoms with van der Waals surface area (Å²) in [7, 11) is 0. The number of carbonyl (C=O) groups is 1. The molecule has 0 bridgehead atoms. The van der Waals surface area contributed by atoms with Crippen LogP contribution in [0.3, 0.4) is 0 Å². The van der Waals surface area contributed by atoms with Crippen LogP contribution in [0.4, 0.5) is 10.2 Å². The Bertz CT molecular complexity index is 1530. The number of thioether (sulfide) groups is 1. The van der Waals surface area contributed by atoms with E-state index in [4.69, 9.17) is 4.52 Å². The minimum atomic E-state index is -0.699. The molecule has 3 heterocycles. The van der Waals surface area contributed by atoms with E-state index < -0.39 is 5.25 Å². The Morgan fingerprint density at radius 1 is 1.18 bits per heavy atom. The normalized spacial score (nSPS) is 12.1. The molecule has 1 unspecified atom stereocenters. The van der Waals surface area contributed by atoms with Crippen LogP contribution in [-0.2, 0) is 4.79 Å². The Morgan fingerprint density at radius 2 is 1.94 bits per heavy atom. The molecule has 34 heavy (non-hydrogen) atoms. The molecule has 0 saturated carbocycles. The summed E-state index contributed by atoms with van der Waals surface area (Å²) in [4.78, 5) is 34.1. The van der Waals surface area contributed by atoms with Gasteiger partial charge in [0, 0.05) is 17.0 Å². The standard InChI is InChI=1S/C24H17FN4O3S2/c1-13-11-18(29-32-13)26-22(31)20(15-5-3-2-4-6-15)34-24-27-21(30)19-17(12-33-23(19)28-24)14-7-9-16(25)10-8-14/h2-12,20H,1H3,(H,26,29,31)(H,27,28,30). The van der Waals surface area contributed by atoms with Gasteiger partial charge in [0.1, 0.15) is 21.7 Å². The van der Waals surface area contributed by atoms with Gasteiger partial charge in [-0.2, -0.15) is 0 Å². The molecular weight excluding hydrogens is 475 g/mol. The highest BCUT2D eigenvalue weighted by atomic mass is 32.2. The summed E-state index contributed by atoms with van der Waals surface area (Å²) in [5, 5.41) is 8.43. The molecule has 1 atom stereocenters. The lowest BCUT2D eigenvalue weighted by molar-refractivity contribution is -0.115. The maximum atomic E-state index is 13.3. The summed E-state index contributed by atoms with van der Waals surface area (Å²) in [6, 6.07) is 16.8. The second-order valence-electron chi connectivity index (χ2n) is 7.43. The number of hydrogen-bond acceptors (Lipinski definition) is 7. The van der Waals surface area contributed by atoms with Crippen LogP contribution in [0.1, 0.15) is 16.6 Å². The SMILES string of the molecule is Cc1cc(NC(=O)C(Sc2nc3scc(-c4ccc(F)cc4)c3c(=O)[nH]2)c2ccccc2)no1. The highest BCUT2D eigenvalue weighted by molar-refractivity contribution is 8.00. The van der Waals surface area contributed by atoms with Crippen LogP contribution < -0.4 is 10.9 Å². The number of aromatic nitrogens is 3. The van der Waals surface area contributed by atoms with E-state index in [0.29, 0.717) is 32.5 Å². The molecule has 0 radical (unpaired) electrons. The number of anilines is 1. The molecule has 0 aliphatic heterocycles. The van der Waals surface area contributed by atoms with Crippen molar-refractivity contribution in [3.63, 3.8) is 0 Å². The minimum absolute atomic E-state index is 0.308. The number of hydrogen-bond donors (Lipinski definition) is 2. The fourth-order valence-corrected chi connectivity index (χ4v) is 5.44. The average Bonchev–Trinajstić information content (AvgIpc) is 3.45. The number of benzene rings is 2. The Labute approximate surface area is 201 Å². The number of fused-ring (bicyclic) bond motifs is 1. The predicted octanol–water partition coefficient (Wildman–Crippen LogP) is 5.56. The Kier molecular flexibility index (Phi) is 5.99. The van der Waals surface area contributed by atoms with Crippen molar-refractivity contribution in [2.24, 2.45) is 0 Å². The maximum Gasteiger partial charge on any atom is 0.260 e. The number of nitrogens with one attached hydrogen (secondary N) is 2. The number of aryl methyl sites for hydroxylation is 1. The topological polar surface area (TPSA) is 101 Å². The van der Waals surface area contributed by atoms with E-state index in [2.05, 4.69) is 20.4 Å². The van der Waals surface area contributed by atoms with E-state index in [-0.39, 0.29) is 17.3 Å². The first-order valence-electron chi connectivity index (χ1n) is 10.2. The van der Waals surface area contributed by atoms with E-state index >= 15 is 0 Å². The highest BCUT2D eigenvalue weighted by Gasteiger charge is 2.25. The van der Waals surface area contributed by atoms with Crippen LogP contribution in [0, 0.1) is 12.7 Å². The summed E-state index contributed by atoms with van der Waals surface area (Å²) < 4.78 is 18.3. The van der Waals surface area contributed by atoms with Gasteiger partial charge in [0.15, 0.2) is 11.0 Å². The van der Waals surface area contributed by atoms with Gasteiger partial charge < -0.3 is 14.8 Å². The summed E-state index contributed by atoms with van der Waals surface area (Å²) in [5.41, 5.74) is 1.83. The van der Waals surface area contributed by atoms with Gasteiger partial charge in [0.25, 0.3) is 5.56 Å². The van der Waals surface area contributed by atoms with Crippen LogP contribution >= 0.6 is 23.1 Å². The monoisotopic (exact) mass is 492 g/mol. The number of rotatable bonds is 6. The van der Waals surface area contributed by atoms with Crippen molar-refractivity contribution < 1.29 is 13.7 Å². The third kappa shape index (κ3) is 4.50. The van der Waals surface area contributed by atoms with Crippen LogP contribution in [0.25, 0.3) is 21.3 Å². The largest absolute Gasteiger partial charge is 0.360 e. The second kappa shape index (κ2) is 9.24. The molecule has 10 heteroatoms.